The van der Waals surface area contributed by atoms with Crippen molar-refractivity contribution in [3.8, 4) is 0 Å². The van der Waals surface area contributed by atoms with Crippen molar-refractivity contribution >= 4 is 51.3 Å². The molecule has 168 valence electrons. The molecule has 0 aliphatic carbocycles. The SMILES string of the molecule is CN1CCC(Nc2cccc3c(S(=O)(=O)NCc4ccccc4)cccc23)CC1.Cl.Cl. The highest BCUT2D eigenvalue weighted by atomic mass is 35.5. The molecule has 4 rings (SSSR count). The van der Waals surface area contributed by atoms with Gasteiger partial charge < -0.3 is 10.2 Å². The maximum Gasteiger partial charge on any atom is 0.241 e. The van der Waals surface area contributed by atoms with Crippen LogP contribution < -0.4 is 10.0 Å². The van der Waals surface area contributed by atoms with E-state index < -0.39 is 10.0 Å². The molecule has 8 heteroatoms. The summed E-state index contributed by atoms with van der Waals surface area (Å²) in [5.74, 6) is 0. The molecule has 1 saturated heterocycles. The third kappa shape index (κ3) is 6.11. The quantitative estimate of drug-likeness (QED) is 0.536. The molecule has 31 heavy (non-hydrogen) atoms. The number of rotatable bonds is 6. The van der Waals surface area contributed by atoms with Crippen LogP contribution in [0, 0.1) is 0 Å². The van der Waals surface area contributed by atoms with Crippen molar-refractivity contribution in [3.63, 3.8) is 0 Å². The summed E-state index contributed by atoms with van der Waals surface area (Å²) >= 11 is 0. The van der Waals surface area contributed by atoms with E-state index in [1.54, 1.807) is 6.07 Å². The molecule has 0 saturated carbocycles. The van der Waals surface area contributed by atoms with Gasteiger partial charge in [0.15, 0.2) is 0 Å². The van der Waals surface area contributed by atoms with Gasteiger partial charge in [-0.3, -0.25) is 0 Å². The van der Waals surface area contributed by atoms with E-state index in [2.05, 4.69) is 22.0 Å². The van der Waals surface area contributed by atoms with Gasteiger partial charge in [-0.05, 0) is 50.7 Å². The minimum Gasteiger partial charge on any atom is -0.382 e. The highest BCUT2D eigenvalue weighted by Gasteiger charge is 2.20. The van der Waals surface area contributed by atoms with Crippen LogP contribution in [0.3, 0.4) is 0 Å². The molecule has 3 aromatic rings. The van der Waals surface area contributed by atoms with E-state index >= 15 is 0 Å². The topological polar surface area (TPSA) is 61.4 Å². The lowest BCUT2D eigenvalue weighted by molar-refractivity contribution is 0.264. The number of sulfonamides is 1. The molecule has 1 fully saturated rings. The second-order valence-corrected chi connectivity index (χ2v) is 9.42. The summed E-state index contributed by atoms with van der Waals surface area (Å²) in [7, 11) is -1.48. The number of likely N-dealkylation sites (tertiary alicyclic amines) is 1. The Morgan fingerprint density at radius 3 is 2.23 bits per heavy atom. The zero-order valence-corrected chi connectivity index (χ0v) is 19.9. The molecule has 0 unspecified atom stereocenters. The number of halogens is 2. The van der Waals surface area contributed by atoms with Crippen LogP contribution in [0.4, 0.5) is 5.69 Å². The smallest absolute Gasteiger partial charge is 0.241 e. The number of anilines is 1. The Bertz CT molecular complexity index is 1090. The number of benzene rings is 3. The van der Waals surface area contributed by atoms with Gasteiger partial charge in [-0.1, -0.05) is 54.6 Å². The van der Waals surface area contributed by atoms with E-state index in [1.807, 2.05) is 60.7 Å². The molecule has 0 amide bonds. The van der Waals surface area contributed by atoms with Gasteiger partial charge in [-0.2, -0.15) is 0 Å². The average molecular weight is 482 g/mol. The fourth-order valence-electron chi connectivity index (χ4n) is 3.87. The van der Waals surface area contributed by atoms with Crippen molar-refractivity contribution in [2.24, 2.45) is 0 Å². The Hall–Kier alpha value is -1.83. The second kappa shape index (κ2) is 11.2. The molecule has 1 heterocycles. The van der Waals surface area contributed by atoms with Gasteiger partial charge in [0, 0.05) is 29.0 Å². The fraction of sp³-hybridized carbons (Fsp3) is 0.304. The van der Waals surface area contributed by atoms with Crippen LogP contribution >= 0.6 is 24.8 Å². The summed E-state index contributed by atoms with van der Waals surface area (Å²) in [4.78, 5) is 2.66. The summed E-state index contributed by atoms with van der Waals surface area (Å²) in [5.41, 5.74) is 1.93. The van der Waals surface area contributed by atoms with Crippen molar-refractivity contribution < 1.29 is 8.42 Å². The van der Waals surface area contributed by atoms with Gasteiger partial charge in [0.2, 0.25) is 10.0 Å². The first-order valence-corrected chi connectivity index (χ1v) is 11.5. The Labute approximate surface area is 197 Å². The zero-order valence-electron chi connectivity index (χ0n) is 17.5. The predicted octanol–water partition coefficient (Wildman–Crippen LogP) is 4.67. The summed E-state index contributed by atoms with van der Waals surface area (Å²) in [6.45, 7) is 2.42. The molecule has 0 radical (unpaired) electrons. The molecule has 0 spiro atoms. The van der Waals surface area contributed by atoms with Crippen molar-refractivity contribution in [1.29, 1.82) is 0 Å². The number of piperidine rings is 1. The lowest BCUT2D eigenvalue weighted by Gasteiger charge is -2.30. The normalized spacial score (nSPS) is 15.1. The lowest BCUT2D eigenvalue weighted by Crippen LogP contribution is -2.36. The monoisotopic (exact) mass is 481 g/mol. The van der Waals surface area contributed by atoms with Gasteiger partial charge in [0.1, 0.15) is 0 Å². The van der Waals surface area contributed by atoms with E-state index in [0.29, 0.717) is 10.9 Å². The molecular weight excluding hydrogens is 453 g/mol. The van der Waals surface area contributed by atoms with Crippen LogP contribution in [0.15, 0.2) is 71.6 Å². The minimum atomic E-state index is -3.63. The zero-order chi connectivity index (χ0) is 20.3. The molecule has 1 aliphatic rings. The maximum absolute atomic E-state index is 13.0. The average Bonchev–Trinajstić information content (AvgIpc) is 2.74. The molecule has 0 aromatic heterocycles. The third-order valence-corrected chi connectivity index (χ3v) is 7.02. The number of hydrogen-bond acceptors (Lipinski definition) is 4. The van der Waals surface area contributed by atoms with E-state index in [9.17, 15) is 8.42 Å². The van der Waals surface area contributed by atoms with Gasteiger partial charge in [-0.25, -0.2) is 13.1 Å². The Morgan fingerprint density at radius 1 is 0.871 bits per heavy atom. The summed E-state index contributed by atoms with van der Waals surface area (Å²) in [5, 5.41) is 5.32. The van der Waals surface area contributed by atoms with Crippen LogP contribution in [0.2, 0.25) is 0 Å². The first-order valence-electron chi connectivity index (χ1n) is 10.0. The fourth-order valence-corrected chi connectivity index (χ4v) is 5.10. The molecule has 0 bridgehead atoms. The summed E-state index contributed by atoms with van der Waals surface area (Å²) in [6, 6.07) is 21.3. The van der Waals surface area contributed by atoms with Gasteiger partial charge in [-0.15, -0.1) is 24.8 Å². The largest absolute Gasteiger partial charge is 0.382 e. The van der Waals surface area contributed by atoms with Gasteiger partial charge in [0.25, 0.3) is 0 Å². The van der Waals surface area contributed by atoms with Gasteiger partial charge >= 0.3 is 0 Å². The van der Waals surface area contributed by atoms with Crippen LogP contribution in [0.25, 0.3) is 10.8 Å². The second-order valence-electron chi connectivity index (χ2n) is 7.69. The van der Waals surface area contributed by atoms with Crippen molar-refractivity contribution in [1.82, 2.24) is 9.62 Å². The first-order chi connectivity index (χ1) is 14.0. The van der Waals surface area contributed by atoms with Crippen LogP contribution in [0.1, 0.15) is 18.4 Å². The number of nitrogens with zero attached hydrogens (tertiary/aromatic N) is 1. The highest BCUT2D eigenvalue weighted by molar-refractivity contribution is 7.89. The molecule has 5 nitrogen and oxygen atoms in total. The van der Waals surface area contributed by atoms with E-state index in [0.717, 1.165) is 48.0 Å². The van der Waals surface area contributed by atoms with Crippen LogP contribution in [-0.4, -0.2) is 39.5 Å². The highest BCUT2D eigenvalue weighted by Crippen LogP contribution is 2.30. The van der Waals surface area contributed by atoms with E-state index in [-0.39, 0.29) is 31.4 Å². The van der Waals surface area contributed by atoms with Crippen molar-refractivity contribution in [2.45, 2.75) is 30.3 Å². The third-order valence-electron chi connectivity index (χ3n) is 5.56. The lowest BCUT2D eigenvalue weighted by atomic mass is 10.0. The summed E-state index contributed by atoms with van der Waals surface area (Å²) in [6.07, 6.45) is 2.17. The number of nitrogens with one attached hydrogen (secondary N) is 2. The minimum absolute atomic E-state index is 0. The standard InChI is InChI=1S/C23H27N3O2S.2ClH/c1-26-15-13-19(14-16-26)25-22-11-5-10-21-20(22)9-6-12-23(21)29(27,28)24-17-18-7-3-2-4-8-18;;/h2-12,19,24-25H,13-17H2,1H3;2*1H. The predicted molar refractivity (Wildman–Crippen MR) is 133 cm³/mol. The van der Waals surface area contributed by atoms with Gasteiger partial charge in [0.05, 0.1) is 4.90 Å². The molecule has 1 aliphatic heterocycles. The number of hydrogen-bond donors (Lipinski definition) is 2. The Morgan fingerprint density at radius 2 is 1.52 bits per heavy atom. The van der Waals surface area contributed by atoms with Crippen LogP contribution in [0.5, 0.6) is 0 Å². The Balaban J connectivity index is 0.00000171. The van der Waals surface area contributed by atoms with Crippen molar-refractivity contribution in [3.05, 3.63) is 72.3 Å². The van der Waals surface area contributed by atoms with Crippen LogP contribution in [-0.2, 0) is 16.6 Å². The Kier molecular flexibility index (Phi) is 9.15. The molecule has 2 N–H and O–H groups in total. The summed E-state index contributed by atoms with van der Waals surface area (Å²) < 4.78 is 28.8. The number of fused-ring (bicyclic) bond motifs is 1. The molecule has 0 atom stereocenters. The maximum atomic E-state index is 13.0. The first kappa shape index (κ1) is 25.4. The molecule has 3 aromatic carbocycles. The van der Waals surface area contributed by atoms with E-state index in [1.165, 1.54) is 0 Å². The van der Waals surface area contributed by atoms with E-state index in [4.69, 9.17) is 0 Å². The van der Waals surface area contributed by atoms with Crippen molar-refractivity contribution in [2.75, 3.05) is 25.5 Å². The molecular formula is C23H29Cl2N3O2S.